The Bertz CT molecular complexity index is 778. The number of aromatic nitrogens is 3. The van der Waals surface area contributed by atoms with Crippen molar-refractivity contribution in [3.05, 3.63) is 52.6 Å². The van der Waals surface area contributed by atoms with Gasteiger partial charge in [0.1, 0.15) is 5.75 Å². The average Bonchev–Trinajstić information content (AvgIpc) is 2.88. The highest BCUT2D eigenvalue weighted by molar-refractivity contribution is 9.10. The Labute approximate surface area is 135 Å². The summed E-state index contributed by atoms with van der Waals surface area (Å²) in [4.78, 5) is 16.1. The summed E-state index contributed by atoms with van der Waals surface area (Å²) >= 11 is 3.43. The van der Waals surface area contributed by atoms with Gasteiger partial charge in [0.2, 0.25) is 5.95 Å². The van der Waals surface area contributed by atoms with Crippen LogP contribution in [-0.4, -0.2) is 27.1 Å². The lowest BCUT2D eigenvalue weighted by Gasteiger charge is -2.04. The Balaban J connectivity index is 1.66. The first-order valence-corrected chi connectivity index (χ1v) is 7.41. The summed E-state index contributed by atoms with van der Waals surface area (Å²) in [6.45, 7) is 1.87. The van der Waals surface area contributed by atoms with Gasteiger partial charge in [0, 0.05) is 10.7 Å². The molecule has 6 nitrogen and oxygen atoms in total. The van der Waals surface area contributed by atoms with Crippen molar-refractivity contribution in [2.75, 3.05) is 11.9 Å². The molecule has 112 valence electrons. The number of pyridine rings is 1. The number of amides is 1. The van der Waals surface area contributed by atoms with E-state index >= 15 is 0 Å². The van der Waals surface area contributed by atoms with E-state index in [-0.39, 0.29) is 18.5 Å². The van der Waals surface area contributed by atoms with Gasteiger partial charge in [0.15, 0.2) is 12.3 Å². The molecule has 0 unspecified atom stereocenters. The molecule has 1 amide bonds. The van der Waals surface area contributed by atoms with Crippen LogP contribution < -0.4 is 10.1 Å². The van der Waals surface area contributed by atoms with Crippen molar-refractivity contribution in [3.8, 4) is 5.75 Å². The number of aryl methyl sites for hydroxylation is 1. The molecule has 0 radical (unpaired) electrons. The molecule has 2 aromatic heterocycles. The van der Waals surface area contributed by atoms with Crippen molar-refractivity contribution in [1.82, 2.24) is 14.6 Å². The second kappa shape index (κ2) is 6.15. The van der Waals surface area contributed by atoms with Crippen LogP contribution in [0.1, 0.15) is 5.56 Å². The number of carbonyl (C=O) groups is 1. The number of nitrogens with one attached hydrogen (secondary N) is 1. The first-order chi connectivity index (χ1) is 10.6. The van der Waals surface area contributed by atoms with Crippen molar-refractivity contribution in [1.29, 1.82) is 0 Å². The zero-order valence-electron chi connectivity index (χ0n) is 11.8. The van der Waals surface area contributed by atoms with Crippen molar-refractivity contribution >= 4 is 33.4 Å². The lowest BCUT2D eigenvalue weighted by atomic mass is 10.3. The van der Waals surface area contributed by atoms with E-state index < -0.39 is 0 Å². The second-order valence-electron chi connectivity index (χ2n) is 4.69. The van der Waals surface area contributed by atoms with Gasteiger partial charge >= 0.3 is 0 Å². The molecule has 22 heavy (non-hydrogen) atoms. The molecule has 0 bridgehead atoms. The first-order valence-electron chi connectivity index (χ1n) is 6.62. The molecule has 1 N–H and O–H groups in total. The van der Waals surface area contributed by atoms with E-state index in [0.717, 1.165) is 10.0 Å². The minimum absolute atomic E-state index is 0.0950. The van der Waals surface area contributed by atoms with Crippen LogP contribution in [0, 0.1) is 6.92 Å². The highest BCUT2D eigenvalue weighted by atomic mass is 79.9. The summed E-state index contributed by atoms with van der Waals surface area (Å²) in [5.41, 5.74) is 1.71. The first kappa shape index (κ1) is 14.5. The molecule has 3 aromatic rings. The van der Waals surface area contributed by atoms with Gasteiger partial charge in [-0.15, -0.1) is 5.10 Å². The Morgan fingerprint density at radius 3 is 2.91 bits per heavy atom. The lowest BCUT2D eigenvalue weighted by molar-refractivity contribution is -0.118. The average molecular weight is 361 g/mol. The predicted molar refractivity (Wildman–Crippen MR) is 86.0 cm³/mol. The maximum atomic E-state index is 11.9. The Kier molecular flexibility index (Phi) is 4.06. The number of hydrogen-bond acceptors (Lipinski definition) is 4. The summed E-state index contributed by atoms with van der Waals surface area (Å²) in [7, 11) is 0. The fourth-order valence-corrected chi connectivity index (χ4v) is 2.19. The smallest absolute Gasteiger partial charge is 0.264 e. The number of fused-ring (bicyclic) bond motifs is 1. The number of nitrogens with zero attached hydrogens (tertiary/aromatic N) is 3. The molecule has 0 aliphatic rings. The van der Waals surface area contributed by atoms with Gasteiger partial charge < -0.3 is 4.74 Å². The van der Waals surface area contributed by atoms with Gasteiger partial charge in [0.05, 0.1) is 0 Å². The maximum absolute atomic E-state index is 11.9. The predicted octanol–water partition coefficient (Wildman–Crippen LogP) is 2.82. The summed E-state index contributed by atoms with van der Waals surface area (Å²) in [5.74, 6) is 0.579. The summed E-state index contributed by atoms with van der Waals surface area (Å²) in [6.07, 6.45) is 1.80. The van der Waals surface area contributed by atoms with Crippen LogP contribution in [0.5, 0.6) is 5.75 Å². The number of benzene rings is 1. The van der Waals surface area contributed by atoms with Gasteiger partial charge in [0.25, 0.3) is 5.91 Å². The summed E-state index contributed by atoms with van der Waals surface area (Å²) < 4.78 is 7.90. The van der Waals surface area contributed by atoms with Gasteiger partial charge in [-0.3, -0.25) is 10.1 Å². The molecule has 0 aliphatic carbocycles. The van der Waals surface area contributed by atoms with E-state index in [1.165, 1.54) is 0 Å². The van der Waals surface area contributed by atoms with Crippen LogP contribution in [-0.2, 0) is 4.79 Å². The molecule has 0 aliphatic heterocycles. The third-order valence-corrected chi connectivity index (χ3v) is 3.81. The van der Waals surface area contributed by atoms with Crippen LogP contribution in [0.25, 0.3) is 5.65 Å². The van der Waals surface area contributed by atoms with Gasteiger partial charge in [-0.1, -0.05) is 18.2 Å². The molecule has 7 heteroatoms. The minimum Gasteiger partial charge on any atom is -0.484 e. The fraction of sp³-hybridized carbons (Fsp3) is 0.133. The molecule has 0 atom stereocenters. The Hall–Kier alpha value is -2.41. The second-order valence-corrected chi connectivity index (χ2v) is 5.55. The largest absolute Gasteiger partial charge is 0.484 e. The van der Waals surface area contributed by atoms with Crippen molar-refractivity contribution in [2.24, 2.45) is 0 Å². The number of rotatable bonds is 4. The van der Waals surface area contributed by atoms with Crippen LogP contribution in [0.2, 0.25) is 0 Å². The lowest BCUT2D eigenvalue weighted by Crippen LogP contribution is -2.20. The Morgan fingerprint density at radius 1 is 1.36 bits per heavy atom. The number of halogens is 1. The van der Waals surface area contributed by atoms with Gasteiger partial charge in [-0.2, -0.15) is 4.98 Å². The monoisotopic (exact) mass is 360 g/mol. The van der Waals surface area contributed by atoms with Crippen molar-refractivity contribution in [2.45, 2.75) is 6.92 Å². The Morgan fingerprint density at radius 2 is 2.14 bits per heavy atom. The normalized spacial score (nSPS) is 10.6. The fourth-order valence-electron chi connectivity index (χ4n) is 1.88. The zero-order valence-corrected chi connectivity index (χ0v) is 13.4. The van der Waals surface area contributed by atoms with Crippen LogP contribution >= 0.6 is 15.9 Å². The topological polar surface area (TPSA) is 68.5 Å². The zero-order chi connectivity index (χ0) is 15.5. The summed E-state index contributed by atoms with van der Waals surface area (Å²) in [5, 5.41) is 6.82. The van der Waals surface area contributed by atoms with Crippen LogP contribution in [0.3, 0.4) is 0 Å². The van der Waals surface area contributed by atoms with E-state index in [1.807, 2.05) is 31.2 Å². The quantitative estimate of drug-likeness (QED) is 0.776. The van der Waals surface area contributed by atoms with Crippen LogP contribution in [0.4, 0.5) is 5.95 Å². The van der Waals surface area contributed by atoms with Crippen LogP contribution in [0.15, 0.2) is 47.1 Å². The van der Waals surface area contributed by atoms with E-state index in [4.69, 9.17) is 4.74 Å². The highest BCUT2D eigenvalue weighted by Crippen LogP contribution is 2.17. The van der Waals surface area contributed by atoms with E-state index in [9.17, 15) is 4.79 Å². The third-order valence-electron chi connectivity index (χ3n) is 2.98. The van der Waals surface area contributed by atoms with E-state index in [2.05, 4.69) is 31.3 Å². The molecule has 0 spiro atoms. The number of para-hydroxylation sites is 1. The summed E-state index contributed by atoms with van der Waals surface area (Å²) in [6, 6.07) is 11.0. The number of ether oxygens (including phenoxy) is 1. The van der Waals surface area contributed by atoms with Crippen molar-refractivity contribution in [3.63, 3.8) is 0 Å². The number of carbonyl (C=O) groups excluding carboxylic acids is 1. The third kappa shape index (κ3) is 3.25. The maximum Gasteiger partial charge on any atom is 0.264 e. The molecule has 3 rings (SSSR count). The standard InChI is InChI=1S/C15H13BrN4O2/c1-10-7-13-17-15(19-20(13)8-12(10)16)18-14(21)9-22-11-5-3-2-4-6-11/h2-8H,9H2,1H3,(H,18,19,21). The molecular formula is C15H13BrN4O2. The molecule has 0 saturated heterocycles. The SMILES string of the molecule is Cc1cc2nc(NC(=O)COc3ccccc3)nn2cc1Br. The molecule has 1 aromatic carbocycles. The molecule has 0 fully saturated rings. The minimum atomic E-state index is -0.310. The van der Waals surface area contributed by atoms with Gasteiger partial charge in [-0.05, 0) is 46.6 Å². The van der Waals surface area contributed by atoms with Crippen molar-refractivity contribution < 1.29 is 9.53 Å². The van der Waals surface area contributed by atoms with Gasteiger partial charge in [-0.25, -0.2) is 4.52 Å². The number of anilines is 1. The highest BCUT2D eigenvalue weighted by Gasteiger charge is 2.09. The van der Waals surface area contributed by atoms with E-state index in [1.54, 1.807) is 22.8 Å². The molecular weight excluding hydrogens is 348 g/mol. The number of hydrogen-bond donors (Lipinski definition) is 1. The van der Waals surface area contributed by atoms with E-state index in [0.29, 0.717) is 11.4 Å². The molecule has 2 heterocycles. The molecule has 0 saturated carbocycles.